The van der Waals surface area contributed by atoms with Crippen LogP contribution in [-0.4, -0.2) is 49.4 Å². The number of nitrogens with zero attached hydrogens (tertiary/aromatic N) is 1. The Morgan fingerprint density at radius 3 is 2.69 bits per heavy atom. The fourth-order valence-electron chi connectivity index (χ4n) is 4.33. The normalized spacial score (nSPS) is 23.8. The van der Waals surface area contributed by atoms with E-state index in [-0.39, 0.29) is 24.6 Å². The van der Waals surface area contributed by atoms with Crippen LogP contribution in [0.5, 0.6) is 11.5 Å². The molecule has 3 N–H and O–H groups in total. The summed E-state index contributed by atoms with van der Waals surface area (Å²) < 4.78 is 11.4. The molecule has 1 unspecified atom stereocenters. The van der Waals surface area contributed by atoms with Crippen LogP contribution in [0.15, 0.2) is 29.8 Å². The summed E-state index contributed by atoms with van der Waals surface area (Å²) >= 11 is 0. The average molecular weight is 399 g/mol. The number of primary amides is 1. The molecule has 1 atom stereocenters. The van der Waals surface area contributed by atoms with Crippen molar-refractivity contribution in [2.75, 3.05) is 26.8 Å². The van der Waals surface area contributed by atoms with Crippen LogP contribution in [0.1, 0.15) is 24.8 Å². The van der Waals surface area contributed by atoms with E-state index < -0.39 is 23.1 Å². The van der Waals surface area contributed by atoms with Crippen LogP contribution in [0.3, 0.4) is 0 Å². The largest absolute Gasteiger partial charge is 0.486 e. The van der Waals surface area contributed by atoms with E-state index in [1.54, 1.807) is 0 Å². The van der Waals surface area contributed by atoms with Gasteiger partial charge in [0.05, 0.1) is 5.41 Å². The molecule has 3 amide bonds. The molecular weight excluding hydrogens is 374 g/mol. The maximum absolute atomic E-state index is 13.1. The van der Waals surface area contributed by atoms with Gasteiger partial charge in [-0.1, -0.05) is 18.6 Å². The number of nitrogens with one attached hydrogen (secondary N) is 1. The Hall–Kier alpha value is -3.03. The maximum atomic E-state index is 13.1. The average Bonchev–Trinajstić information content (AvgIpc) is 2.68. The van der Waals surface area contributed by atoms with Crippen LogP contribution >= 0.6 is 0 Å². The minimum Gasteiger partial charge on any atom is -0.486 e. The number of ether oxygens (including phenoxy) is 2. The van der Waals surface area contributed by atoms with Crippen molar-refractivity contribution in [2.45, 2.75) is 25.8 Å². The highest BCUT2D eigenvalue weighted by atomic mass is 16.6. The summed E-state index contributed by atoms with van der Waals surface area (Å²) in [6.07, 6.45) is 4.21. The zero-order valence-corrected chi connectivity index (χ0v) is 16.4. The van der Waals surface area contributed by atoms with Crippen molar-refractivity contribution in [1.82, 2.24) is 10.2 Å². The van der Waals surface area contributed by atoms with Gasteiger partial charge >= 0.3 is 0 Å². The Kier molecular flexibility index (Phi) is 4.94. The maximum Gasteiger partial charge on any atom is 0.259 e. The van der Waals surface area contributed by atoms with Crippen LogP contribution in [0, 0.1) is 11.3 Å². The van der Waals surface area contributed by atoms with Gasteiger partial charge in [0.15, 0.2) is 11.5 Å². The second-order valence-electron chi connectivity index (χ2n) is 7.77. The van der Waals surface area contributed by atoms with E-state index in [0.29, 0.717) is 24.7 Å². The summed E-state index contributed by atoms with van der Waals surface area (Å²) in [4.78, 5) is 39.6. The number of rotatable bonds is 5. The molecule has 0 bridgehead atoms. The molecule has 0 radical (unpaired) electrons. The number of likely N-dealkylation sites (N-methyl/N-ethyl adjacent to an activating group) is 1. The van der Waals surface area contributed by atoms with Crippen molar-refractivity contribution in [3.63, 3.8) is 0 Å². The third-order valence-electron chi connectivity index (χ3n) is 6.15. The Labute approximate surface area is 169 Å². The molecule has 154 valence electrons. The van der Waals surface area contributed by atoms with Crippen LogP contribution in [0.2, 0.25) is 0 Å². The van der Waals surface area contributed by atoms with Gasteiger partial charge in [-0.25, -0.2) is 0 Å². The number of benzene rings is 1. The predicted octanol–water partition coefficient (Wildman–Crippen LogP) is 0.744. The zero-order valence-electron chi connectivity index (χ0n) is 16.4. The zero-order chi connectivity index (χ0) is 20.6. The van der Waals surface area contributed by atoms with Gasteiger partial charge in [-0.05, 0) is 30.9 Å². The van der Waals surface area contributed by atoms with E-state index in [2.05, 4.69) is 5.32 Å². The van der Waals surface area contributed by atoms with E-state index in [1.165, 1.54) is 18.0 Å². The smallest absolute Gasteiger partial charge is 0.259 e. The first-order valence-corrected chi connectivity index (χ1v) is 9.88. The first-order chi connectivity index (χ1) is 14.0. The van der Waals surface area contributed by atoms with Crippen LogP contribution in [0.25, 0.3) is 0 Å². The minimum absolute atomic E-state index is 0.0273. The van der Waals surface area contributed by atoms with Crippen molar-refractivity contribution in [3.8, 4) is 11.5 Å². The molecular formula is C21H25N3O5. The van der Waals surface area contributed by atoms with Gasteiger partial charge in [-0.15, -0.1) is 0 Å². The molecule has 1 aromatic carbocycles. The quantitative estimate of drug-likeness (QED) is 0.710. The highest BCUT2D eigenvalue weighted by Crippen LogP contribution is 2.46. The van der Waals surface area contributed by atoms with E-state index in [9.17, 15) is 14.4 Å². The summed E-state index contributed by atoms with van der Waals surface area (Å²) in [5.74, 6) is -0.194. The Bertz CT molecular complexity index is 892. The monoisotopic (exact) mass is 399 g/mol. The highest BCUT2D eigenvalue weighted by molar-refractivity contribution is 6.19. The molecule has 29 heavy (non-hydrogen) atoms. The van der Waals surface area contributed by atoms with Gasteiger partial charge in [0.1, 0.15) is 18.8 Å². The van der Waals surface area contributed by atoms with Crippen molar-refractivity contribution in [2.24, 2.45) is 17.1 Å². The molecule has 0 saturated heterocycles. The van der Waals surface area contributed by atoms with Gasteiger partial charge in [0.2, 0.25) is 5.91 Å². The van der Waals surface area contributed by atoms with Crippen molar-refractivity contribution in [1.29, 1.82) is 0 Å². The molecule has 4 rings (SSSR count). The second-order valence-corrected chi connectivity index (χ2v) is 7.77. The molecule has 1 aliphatic carbocycles. The molecule has 1 fully saturated rings. The molecule has 3 aliphatic rings. The Morgan fingerprint density at radius 1 is 1.28 bits per heavy atom. The lowest BCUT2D eigenvalue weighted by molar-refractivity contribution is -0.139. The second kappa shape index (κ2) is 7.42. The third kappa shape index (κ3) is 3.22. The van der Waals surface area contributed by atoms with Crippen molar-refractivity contribution < 1.29 is 23.9 Å². The highest BCUT2D eigenvalue weighted by Gasteiger charge is 2.51. The number of hydrogen-bond donors (Lipinski definition) is 2. The Morgan fingerprint density at radius 2 is 2.03 bits per heavy atom. The summed E-state index contributed by atoms with van der Waals surface area (Å²) in [5.41, 5.74) is 5.52. The van der Waals surface area contributed by atoms with Gasteiger partial charge in [-0.3, -0.25) is 14.4 Å². The van der Waals surface area contributed by atoms with E-state index in [1.807, 2.05) is 18.2 Å². The summed E-state index contributed by atoms with van der Waals surface area (Å²) in [7, 11) is 1.46. The minimum atomic E-state index is -1.04. The first kappa shape index (κ1) is 19.3. The Balaban J connectivity index is 1.72. The van der Waals surface area contributed by atoms with Gasteiger partial charge < -0.3 is 25.4 Å². The summed E-state index contributed by atoms with van der Waals surface area (Å²) in [6.45, 7) is 1.24. The molecule has 2 heterocycles. The number of nitrogens with two attached hydrogens (primary N) is 1. The van der Waals surface area contributed by atoms with Crippen LogP contribution in [0.4, 0.5) is 0 Å². The lowest BCUT2D eigenvalue weighted by Crippen LogP contribution is -2.57. The standard InChI is InChI=1S/C21H25N3O5/c1-23-18(25)15-10-21(20(22)27,14-5-3-6-14)12-24(19(15)26)11-13-4-2-7-16-17(13)29-9-8-28-16/h2,4,7,10,14H,3,5-6,8-9,11-12H2,1H3,(H2,22,27)(H,23,25). The number of para-hydroxylation sites is 1. The van der Waals surface area contributed by atoms with Crippen LogP contribution < -0.4 is 20.5 Å². The van der Waals surface area contributed by atoms with E-state index >= 15 is 0 Å². The van der Waals surface area contributed by atoms with Crippen molar-refractivity contribution >= 4 is 17.7 Å². The number of hydrogen-bond acceptors (Lipinski definition) is 5. The first-order valence-electron chi connectivity index (χ1n) is 9.88. The molecule has 0 aromatic heterocycles. The van der Waals surface area contributed by atoms with E-state index in [0.717, 1.165) is 24.8 Å². The number of fused-ring (bicyclic) bond motifs is 1. The third-order valence-corrected chi connectivity index (χ3v) is 6.15. The molecule has 2 aliphatic heterocycles. The van der Waals surface area contributed by atoms with Gasteiger partial charge in [0, 0.05) is 25.7 Å². The SMILES string of the molecule is CNC(=O)C1=CC(C(N)=O)(C2CCC2)CN(Cc2cccc3c2OCCO3)C1=O. The summed E-state index contributed by atoms with van der Waals surface area (Å²) in [5, 5.41) is 2.50. The fraction of sp³-hybridized carbons (Fsp3) is 0.476. The molecule has 8 nitrogen and oxygen atoms in total. The number of carbonyl (C=O) groups excluding carboxylic acids is 3. The van der Waals surface area contributed by atoms with Gasteiger partial charge in [0.25, 0.3) is 11.8 Å². The molecule has 1 aromatic rings. The predicted molar refractivity (Wildman–Crippen MR) is 104 cm³/mol. The lowest BCUT2D eigenvalue weighted by atomic mass is 9.62. The summed E-state index contributed by atoms with van der Waals surface area (Å²) in [6, 6.07) is 5.50. The van der Waals surface area contributed by atoms with Crippen LogP contribution in [-0.2, 0) is 20.9 Å². The van der Waals surface area contributed by atoms with Crippen molar-refractivity contribution in [3.05, 3.63) is 35.4 Å². The molecule has 1 saturated carbocycles. The number of carbonyl (C=O) groups is 3. The molecule has 8 heteroatoms. The van der Waals surface area contributed by atoms with Gasteiger partial charge in [-0.2, -0.15) is 0 Å². The number of amides is 3. The molecule has 0 spiro atoms. The topological polar surface area (TPSA) is 111 Å². The lowest BCUT2D eigenvalue weighted by Gasteiger charge is -2.46. The fourth-order valence-corrected chi connectivity index (χ4v) is 4.33. The van der Waals surface area contributed by atoms with E-state index in [4.69, 9.17) is 15.2 Å².